The quantitative estimate of drug-likeness (QED) is 0.490. The maximum absolute atomic E-state index is 11.9. The second kappa shape index (κ2) is 8.66. The molecule has 2 rings (SSSR count). The van der Waals surface area contributed by atoms with Crippen LogP contribution in [-0.4, -0.2) is 32.2 Å². The summed E-state index contributed by atoms with van der Waals surface area (Å²) in [5.74, 6) is -0.528. The molecule has 0 unspecified atom stereocenters. The second-order valence-corrected chi connectivity index (χ2v) is 5.59. The van der Waals surface area contributed by atoms with Gasteiger partial charge < -0.3 is 14.8 Å². The third kappa shape index (κ3) is 4.83. The molecule has 0 aliphatic heterocycles. The molecule has 0 aliphatic carbocycles. The minimum absolute atomic E-state index is 0.537. The van der Waals surface area contributed by atoms with Gasteiger partial charge in [0.1, 0.15) is 0 Å². The number of aryl methyl sites for hydroxylation is 2. The molecule has 0 saturated heterocycles. The Morgan fingerprint density at radius 3 is 2.35 bits per heavy atom. The summed E-state index contributed by atoms with van der Waals surface area (Å²) in [6.07, 6.45) is 1.41. The number of anilines is 1. The molecule has 0 spiro atoms. The van der Waals surface area contributed by atoms with Gasteiger partial charge in [-0.25, -0.2) is 5.43 Å². The van der Waals surface area contributed by atoms with Gasteiger partial charge in [0, 0.05) is 5.69 Å². The average Bonchev–Trinajstić information content (AvgIpc) is 2.63. The van der Waals surface area contributed by atoms with Crippen LogP contribution in [-0.2, 0) is 9.59 Å². The van der Waals surface area contributed by atoms with E-state index in [0.29, 0.717) is 22.7 Å². The topological polar surface area (TPSA) is 89.0 Å². The van der Waals surface area contributed by atoms with E-state index >= 15 is 0 Å². The number of amides is 2. The fourth-order valence-electron chi connectivity index (χ4n) is 2.28. The molecule has 26 heavy (non-hydrogen) atoms. The molecule has 7 nitrogen and oxygen atoms in total. The van der Waals surface area contributed by atoms with E-state index in [9.17, 15) is 9.59 Å². The molecule has 7 heteroatoms. The van der Waals surface area contributed by atoms with Gasteiger partial charge in [0.25, 0.3) is 0 Å². The van der Waals surface area contributed by atoms with Gasteiger partial charge in [-0.2, -0.15) is 5.10 Å². The number of rotatable bonds is 5. The molecule has 2 aromatic carbocycles. The van der Waals surface area contributed by atoms with Crippen LogP contribution in [0.25, 0.3) is 0 Å². The SMILES string of the molecule is COc1ccc(C=NNC(=O)C(=O)Nc2ccc(C)cc2C)cc1OC. The number of carbonyl (C=O) groups excluding carboxylic acids is 2. The van der Waals surface area contributed by atoms with Crippen LogP contribution >= 0.6 is 0 Å². The predicted molar refractivity (Wildman–Crippen MR) is 99.8 cm³/mol. The first-order chi connectivity index (χ1) is 12.4. The minimum atomic E-state index is -0.860. The summed E-state index contributed by atoms with van der Waals surface area (Å²) >= 11 is 0. The van der Waals surface area contributed by atoms with E-state index in [1.165, 1.54) is 13.3 Å². The lowest BCUT2D eigenvalue weighted by molar-refractivity contribution is -0.136. The highest BCUT2D eigenvalue weighted by atomic mass is 16.5. The van der Waals surface area contributed by atoms with Crippen molar-refractivity contribution >= 4 is 23.7 Å². The Labute approximate surface area is 152 Å². The summed E-state index contributed by atoms with van der Waals surface area (Å²) in [6.45, 7) is 3.81. The Kier molecular flexibility index (Phi) is 6.32. The molecule has 2 aromatic rings. The molecule has 0 saturated carbocycles. The molecule has 0 radical (unpaired) electrons. The van der Waals surface area contributed by atoms with Crippen LogP contribution in [0, 0.1) is 13.8 Å². The Morgan fingerprint density at radius 2 is 1.69 bits per heavy atom. The van der Waals surface area contributed by atoms with E-state index < -0.39 is 11.8 Å². The lowest BCUT2D eigenvalue weighted by Crippen LogP contribution is -2.32. The van der Waals surface area contributed by atoms with Crippen LogP contribution in [0.1, 0.15) is 16.7 Å². The van der Waals surface area contributed by atoms with Crippen molar-refractivity contribution in [2.45, 2.75) is 13.8 Å². The van der Waals surface area contributed by atoms with Gasteiger partial charge in [-0.3, -0.25) is 9.59 Å². The lowest BCUT2D eigenvalue weighted by Gasteiger charge is -2.08. The molecule has 0 bridgehead atoms. The predicted octanol–water partition coefficient (Wildman–Crippen LogP) is 2.41. The maximum atomic E-state index is 11.9. The van der Waals surface area contributed by atoms with E-state index in [4.69, 9.17) is 9.47 Å². The third-order valence-corrected chi connectivity index (χ3v) is 3.62. The van der Waals surface area contributed by atoms with E-state index in [0.717, 1.165) is 11.1 Å². The van der Waals surface area contributed by atoms with E-state index in [-0.39, 0.29) is 0 Å². The molecular formula is C19H21N3O4. The number of methoxy groups -OCH3 is 2. The zero-order valence-electron chi connectivity index (χ0n) is 15.1. The van der Waals surface area contributed by atoms with Crippen LogP contribution < -0.4 is 20.2 Å². The van der Waals surface area contributed by atoms with Crippen LogP contribution in [0.5, 0.6) is 11.5 Å². The summed E-state index contributed by atoms with van der Waals surface area (Å²) in [7, 11) is 3.07. The molecule has 0 aliphatic rings. The number of nitrogens with zero attached hydrogens (tertiary/aromatic N) is 1. The van der Waals surface area contributed by atoms with Gasteiger partial charge in [0.15, 0.2) is 11.5 Å². The van der Waals surface area contributed by atoms with Crippen LogP contribution in [0.3, 0.4) is 0 Å². The molecule has 2 amide bonds. The van der Waals surface area contributed by atoms with Gasteiger partial charge in [-0.1, -0.05) is 17.7 Å². The largest absolute Gasteiger partial charge is 0.493 e. The van der Waals surface area contributed by atoms with Gasteiger partial charge in [0.2, 0.25) is 0 Å². The van der Waals surface area contributed by atoms with Gasteiger partial charge in [-0.05, 0) is 49.2 Å². The van der Waals surface area contributed by atoms with Crippen molar-refractivity contribution < 1.29 is 19.1 Å². The molecule has 136 valence electrons. The number of hydrogen-bond acceptors (Lipinski definition) is 5. The zero-order chi connectivity index (χ0) is 19.1. The number of nitrogens with one attached hydrogen (secondary N) is 2. The first-order valence-electron chi connectivity index (χ1n) is 7.88. The summed E-state index contributed by atoms with van der Waals surface area (Å²) < 4.78 is 10.3. The summed E-state index contributed by atoms with van der Waals surface area (Å²) in [4.78, 5) is 23.8. The number of benzene rings is 2. The highest BCUT2D eigenvalue weighted by Gasteiger charge is 2.14. The molecule has 2 N–H and O–H groups in total. The number of hydrazone groups is 1. The standard InChI is InChI=1S/C19H21N3O4/c1-12-5-7-15(13(2)9-12)21-18(23)19(24)22-20-11-14-6-8-16(25-3)17(10-14)26-4/h5-11H,1-4H3,(H,21,23)(H,22,24). The Hall–Kier alpha value is -3.35. The van der Waals surface area contributed by atoms with Gasteiger partial charge in [0.05, 0.1) is 20.4 Å². The summed E-state index contributed by atoms with van der Waals surface area (Å²) in [5.41, 5.74) is 5.40. The van der Waals surface area contributed by atoms with Crippen molar-refractivity contribution in [3.63, 3.8) is 0 Å². The van der Waals surface area contributed by atoms with Gasteiger partial charge >= 0.3 is 11.8 Å². The van der Waals surface area contributed by atoms with E-state index in [2.05, 4.69) is 15.8 Å². The third-order valence-electron chi connectivity index (χ3n) is 3.62. The fourth-order valence-corrected chi connectivity index (χ4v) is 2.28. The van der Waals surface area contributed by atoms with Crippen LogP contribution in [0.2, 0.25) is 0 Å². The first-order valence-corrected chi connectivity index (χ1v) is 7.88. The monoisotopic (exact) mass is 355 g/mol. The lowest BCUT2D eigenvalue weighted by atomic mass is 10.1. The highest BCUT2D eigenvalue weighted by Crippen LogP contribution is 2.26. The van der Waals surface area contributed by atoms with Gasteiger partial charge in [-0.15, -0.1) is 0 Å². The molecular weight excluding hydrogens is 334 g/mol. The molecule has 0 aromatic heterocycles. The van der Waals surface area contributed by atoms with Crippen LogP contribution in [0.15, 0.2) is 41.5 Å². The second-order valence-electron chi connectivity index (χ2n) is 5.59. The zero-order valence-corrected chi connectivity index (χ0v) is 15.1. The van der Waals surface area contributed by atoms with Crippen molar-refractivity contribution in [3.8, 4) is 11.5 Å². The van der Waals surface area contributed by atoms with Crippen molar-refractivity contribution in [3.05, 3.63) is 53.1 Å². The number of hydrogen-bond donors (Lipinski definition) is 2. The van der Waals surface area contributed by atoms with Crippen molar-refractivity contribution in [1.29, 1.82) is 0 Å². The summed E-state index contributed by atoms with van der Waals surface area (Å²) in [6, 6.07) is 10.7. The fraction of sp³-hybridized carbons (Fsp3) is 0.211. The van der Waals surface area contributed by atoms with E-state index in [1.807, 2.05) is 26.0 Å². The van der Waals surface area contributed by atoms with E-state index in [1.54, 1.807) is 31.4 Å². The molecule has 0 fully saturated rings. The first kappa shape index (κ1) is 19.0. The number of ether oxygens (including phenoxy) is 2. The van der Waals surface area contributed by atoms with Crippen molar-refractivity contribution in [1.82, 2.24) is 5.43 Å². The maximum Gasteiger partial charge on any atom is 0.329 e. The Bertz CT molecular complexity index is 847. The minimum Gasteiger partial charge on any atom is -0.493 e. The highest BCUT2D eigenvalue weighted by molar-refractivity contribution is 6.39. The smallest absolute Gasteiger partial charge is 0.329 e. The van der Waals surface area contributed by atoms with Crippen LogP contribution in [0.4, 0.5) is 5.69 Å². The average molecular weight is 355 g/mol. The number of carbonyl (C=O) groups is 2. The summed E-state index contributed by atoms with van der Waals surface area (Å²) in [5, 5.41) is 6.35. The molecule has 0 atom stereocenters. The Morgan fingerprint density at radius 1 is 0.962 bits per heavy atom. The molecule has 0 heterocycles. The normalized spacial score (nSPS) is 10.5. The Balaban J connectivity index is 1.97. The van der Waals surface area contributed by atoms with Crippen molar-refractivity contribution in [2.75, 3.05) is 19.5 Å². The van der Waals surface area contributed by atoms with Crippen molar-refractivity contribution in [2.24, 2.45) is 5.10 Å².